The minimum atomic E-state index is 0.777. The molecule has 1 aromatic carbocycles. The minimum Gasteiger partial charge on any atom is -0.343 e. The Morgan fingerprint density at radius 2 is 1.92 bits per heavy atom. The molecule has 0 N–H and O–H groups in total. The quantitative estimate of drug-likeness (QED) is 0.543. The first-order chi connectivity index (χ1) is 11.9. The van der Waals surface area contributed by atoms with Crippen LogP contribution in [-0.2, 0) is 6.54 Å². The fourth-order valence-corrected chi connectivity index (χ4v) is 3.72. The summed E-state index contributed by atoms with van der Waals surface area (Å²) in [5.74, 6) is 1.15. The average Bonchev–Trinajstić information content (AvgIpc) is 3.32. The van der Waals surface area contributed by atoms with Crippen LogP contribution in [0.25, 0.3) is 0 Å². The van der Waals surface area contributed by atoms with Crippen LogP contribution in [0.3, 0.4) is 0 Å². The largest absolute Gasteiger partial charge is 0.343 e. The van der Waals surface area contributed by atoms with E-state index in [1.165, 1.54) is 36.2 Å². The Hall–Kier alpha value is -1.81. The highest BCUT2D eigenvalue weighted by molar-refractivity contribution is 7.09. The number of thiophene rings is 1. The van der Waals surface area contributed by atoms with Crippen LogP contribution in [0, 0.1) is 0 Å². The predicted molar refractivity (Wildman–Crippen MR) is 105 cm³/mol. The van der Waals surface area contributed by atoms with E-state index in [9.17, 15) is 0 Å². The summed E-state index contributed by atoms with van der Waals surface area (Å²) in [6.07, 6.45) is 4.92. The highest BCUT2D eigenvalue weighted by Crippen LogP contribution is 2.20. The fraction of sp³-hybridized carbons (Fsp3) is 0.450. The van der Waals surface area contributed by atoms with Crippen LogP contribution >= 0.6 is 11.3 Å². The van der Waals surface area contributed by atoms with Crippen molar-refractivity contribution in [2.45, 2.75) is 39.2 Å². The summed E-state index contributed by atoms with van der Waals surface area (Å²) in [6.45, 7) is 6.30. The van der Waals surface area contributed by atoms with Gasteiger partial charge in [0.25, 0.3) is 0 Å². The summed E-state index contributed by atoms with van der Waals surface area (Å²) in [6, 6.07) is 15.0. The average molecular weight is 342 g/mol. The van der Waals surface area contributed by atoms with Crippen molar-refractivity contribution in [2.75, 3.05) is 24.5 Å². The number of anilines is 1. The second-order valence-corrected chi connectivity index (χ2v) is 7.26. The molecular weight excluding hydrogens is 314 g/mol. The lowest BCUT2D eigenvalue weighted by molar-refractivity contribution is 0.501. The van der Waals surface area contributed by atoms with E-state index in [0.717, 1.165) is 32.1 Å². The molecule has 1 saturated heterocycles. The van der Waals surface area contributed by atoms with Crippen molar-refractivity contribution in [3.8, 4) is 0 Å². The van der Waals surface area contributed by atoms with Crippen LogP contribution in [-0.4, -0.2) is 30.5 Å². The fourth-order valence-electron chi connectivity index (χ4n) is 3.09. The molecule has 4 heteroatoms. The van der Waals surface area contributed by atoms with E-state index in [4.69, 9.17) is 4.99 Å². The molecule has 1 aliphatic heterocycles. The van der Waals surface area contributed by atoms with Gasteiger partial charge in [0.05, 0.1) is 6.54 Å². The molecule has 1 aliphatic rings. The van der Waals surface area contributed by atoms with Crippen molar-refractivity contribution in [3.63, 3.8) is 0 Å². The topological polar surface area (TPSA) is 18.8 Å². The summed E-state index contributed by atoms with van der Waals surface area (Å²) >= 11 is 1.79. The molecule has 2 aromatic rings. The predicted octanol–water partition coefficient (Wildman–Crippen LogP) is 5.01. The number of nitrogens with zero attached hydrogens (tertiary/aromatic N) is 3. The zero-order chi connectivity index (χ0) is 16.6. The standard InChI is InChI=1S/C20H27N3S/c1-2-3-15-23(18-10-5-4-6-11-18)20(22-13-7-8-14-22)21-17-19-12-9-16-24-19/h4-6,9-12,16H,2-3,7-8,13-15,17H2,1H3. The first kappa shape index (κ1) is 17.0. The van der Waals surface area contributed by atoms with E-state index in [1.54, 1.807) is 11.3 Å². The van der Waals surface area contributed by atoms with E-state index in [2.05, 4.69) is 64.6 Å². The van der Waals surface area contributed by atoms with Gasteiger partial charge in [-0.05, 0) is 42.8 Å². The molecule has 128 valence electrons. The van der Waals surface area contributed by atoms with Gasteiger partial charge < -0.3 is 9.80 Å². The molecule has 0 aliphatic carbocycles. The summed E-state index contributed by atoms with van der Waals surface area (Å²) in [5, 5.41) is 2.13. The van der Waals surface area contributed by atoms with Crippen LogP contribution in [0.15, 0.2) is 52.8 Å². The monoisotopic (exact) mass is 341 g/mol. The Morgan fingerprint density at radius 1 is 1.12 bits per heavy atom. The SMILES string of the molecule is CCCCN(C(=NCc1cccs1)N1CCCC1)c1ccccc1. The van der Waals surface area contributed by atoms with Gasteiger partial charge in [0.2, 0.25) is 5.96 Å². The third-order valence-electron chi connectivity index (χ3n) is 4.39. The minimum absolute atomic E-state index is 0.777. The Labute approximate surface area is 149 Å². The van der Waals surface area contributed by atoms with Crippen molar-refractivity contribution >= 4 is 23.0 Å². The Morgan fingerprint density at radius 3 is 2.58 bits per heavy atom. The summed E-state index contributed by atoms with van der Waals surface area (Å²) in [4.78, 5) is 11.3. The Kier molecular flexibility index (Phi) is 6.30. The number of aliphatic imine (C=N–C) groups is 1. The lowest BCUT2D eigenvalue weighted by atomic mass is 10.2. The molecular formula is C20H27N3S. The number of likely N-dealkylation sites (tertiary alicyclic amines) is 1. The van der Waals surface area contributed by atoms with Gasteiger partial charge in [0.1, 0.15) is 0 Å². The molecule has 0 atom stereocenters. The van der Waals surface area contributed by atoms with Gasteiger partial charge in [-0.25, -0.2) is 4.99 Å². The van der Waals surface area contributed by atoms with E-state index >= 15 is 0 Å². The molecule has 24 heavy (non-hydrogen) atoms. The zero-order valence-electron chi connectivity index (χ0n) is 14.5. The number of hydrogen-bond acceptors (Lipinski definition) is 2. The van der Waals surface area contributed by atoms with Crippen LogP contribution in [0.1, 0.15) is 37.5 Å². The second kappa shape index (κ2) is 8.88. The van der Waals surface area contributed by atoms with Crippen molar-refractivity contribution in [1.29, 1.82) is 0 Å². The lowest BCUT2D eigenvalue weighted by Crippen LogP contribution is -2.44. The number of guanidine groups is 1. The van der Waals surface area contributed by atoms with E-state index in [0.29, 0.717) is 0 Å². The van der Waals surface area contributed by atoms with Crippen LogP contribution < -0.4 is 4.90 Å². The molecule has 1 fully saturated rings. The molecule has 0 unspecified atom stereocenters. The smallest absolute Gasteiger partial charge is 0.201 e. The highest BCUT2D eigenvalue weighted by Gasteiger charge is 2.22. The molecule has 0 saturated carbocycles. The van der Waals surface area contributed by atoms with Gasteiger partial charge in [-0.2, -0.15) is 0 Å². The number of para-hydroxylation sites is 1. The van der Waals surface area contributed by atoms with Crippen LogP contribution in [0.5, 0.6) is 0 Å². The zero-order valence-corrected chi connectivity index (χ0v) is 15.3. The number of rotatable bonds is 6. The molecule has 1 aromatic heterocycles. The van der Waals surface area contributed by atoms with Gasteiger partial charge >= 0.3 is 0 Å². The van der Waals surface area contributed by atoms with Crippen molar-refractivity contribution in [3.05, 3.63) is 52.7 Å². The van der Waals surface area contributed by atoms with Gasteiger partial charge in [-0.15, -0.1) is 11.3 Å². The summed E-state index contributed by atoms with van der Waals surface area (Å²) in [5.41, 5.74) is 1.25. The Balaban J connectivity index is 1.88. The third kappa shape index (κ3) is 4.38. The summed E-state index contributed by atoms with van der Waals surface area (Å²) in [7, 11) is 0. The van der Waals surface area contributed by atoms with Crippen molar-refractivity contribution < 1.29 is 0 Å². The van der Waals surface area contributed by atoms with Crippen molar-refractivity contribution in [2.24, 2.45) is 4.99 Å². The maximum Gasteiger partial charge on any atom is 0.201 e. The van der Waals surface area contributed by atoms with Gasteiger partial charge in [0.15, 0.2) is 0 Å². The number of hydrogen-bond donors (Lipinski definition) is 0. The van der Waals surface area contributed by atoms with Gasteiger partial charge in [0, 0.05) is 30.2 Å². The number of unbranched alkanes of at least 4 members (excludes halogenated alkanes) is 1. The van der Waals surface area contributed by atoms with E-state index in [1.807, 2.05) is 0 Å². The normalized spacial score (nSPS) is 15.0. The maximum absolute atomic E-state index is 5.06. The molecule has 0 amide bonds. The molecule has 0 bridgehead atoms. The summed E-state index contributed by atoms with van der Waals surface area (Å²) < 4.78 is 0. The lowest BCUT2D eigenvalue weighted by Gasteiger charge is -2.32. The van der Waals surface area contributed by atoms with Crippen molar-refractivity contribution in [1.82, 2.24) is 4.90 Å². The molecule has 0 radical (unpaired) electrons. The van der Waals surface area contributed by atoms with Gasteiger partial charge in [-0.3, -0.25) is 0 Å². The molecule has 0 spiro atoms. The van der Waals surface area contributed by atoms with Crippen LogP contribution in [0.2, 0.25) is 0 Å². The van der Waals surface area contributed by atoms with Crippen LogP contribution in [0.4, 0.5) is 5.69 Å². The molecule has 3 nitrogen and oxygen atoms in total. The highest BCUT2D eigenvalue weighted by atomic mass is 32.1. The first-order valence-electron chi connectivity index (χ1n) is 9.03. The second-order valence-electron chi connectivity index (χ2n) is 6.23. The van der Waals surface area contributed by atoms with E-state index in [-0.39, 0.29) is 0 Å². The number of benzene rings is 1. The first-order valence-corrected chi connectivity index (χ1v) is 9.91. The maximum atomic E-state index is 5.06. The van der Waals surface area contributed by atoms with E-state index < -0.39 is 0 Å². The van der Waals surface area contributed by atoms with Gasteiger partial charge in [-0.1, -0.05) is 37.6 Å². The molecule has 3 rings (SSSR count). The molecule has 2 heterocycles. The third-order valence-corrected chi connectivity index (χ3v) is 5.25. The Bertz CT molecular complexity index is 616.